The molecular weight excluding hydrogens is 344 g/mol. The minimum Gasteiger partial charge on any atom is -0.337 e. The average Bonchev–Trinajstić information content (AvgIpc) is 3.17. The maximum Gasteiger partial charge on any atom is 0.318 e. The molecule has 1 aliphatic carbocycles. The molecule has 4 rings (SSSR count). The first-order valence-corrected chi connectivity index (χ1v) is 9.04. The molecule has 1 fully saturated rings. The van der Waals surface area contributed by atoms with Crippen LogP contribution in [-0.4, -0.2) is 37.9 Å². The summed E-state index contributed by atoms with van der Waals surface area (Å²) in [6, 6.07) is 9.30. The number of nitrogens with one attached hydrogen (secondary N) is 1. The van der Waals surface area contributed by atoms with E-state index in [9.17, 15) is 4.79 Å². The van der Waals surface area contributed by atoms with E-state index >= 15 is 0 Å². The fourth-order valence-corrected chi connectivity index (χ4v) is 2.81. The van der Waals surface area contributed by atoms with Gasteiger partial charge in [0.25, 0.3) is 0 Å². The van der Waals surface area contributed by atoms with Crippen LogP contribution in [-0.2, 0) is 6.54 Å². The number of hydrogen-bond acceptors (Lipinski definition) is 5. The molecule has 1 atom stereocenters. The predicted octanol–water partition coefficient (Wildman–Crippen LogP) is 3.04. The van der Waals surface area contributed by atoms with Gasteiger partial charge in [0.05, 0.1) is 5.69 Å². The number of aromatic nitrogens is 4. The molecular formula is C19H22N6O2. The third-order valence-corrected chi connectivity index (χ3v) is 4.58. The van der Waals surface area contributed by atoms with E-state index in [0.717, 1.165) is 29.9 Å². The van der Waals surface area contributed by atoms with Gasteiger partial charge in [-0.2, -0.15) is 10.1 Å². The molecule has 27 heavy (non-hydrogen) atoms. The smallest absolute Gasteiger partial charge is 0.318 e. The van der Waals surface area contributed by atoms with Crippen molar-refractivity contribution < 1.29 is 9.32 Å². The van der Waals surface area contributed by atoms with E-state index < -0.39 is 0 Å². The number of hydrogen-bond donors (Lipinski definition) is 1. The first-order valence-electron chi connectivity index (χ1n) is 9.04. The largest absolute Gasteiger partial charge is 0.337 e. The highest BCUT2D eigenvalue weighted by Gasteiger charge is 2.30. The van der Waals surface area contributed by atoms with E-state index in [1.165, 1.54) is 0 Å². The fraction of sp³-hybridized carbons (Fsp3) is 0.368. The van der Waals surface area contributed by atoms with E-state index in [-0.39, 0.29) is 12.1 Å². The zero-order valence-electron chi connectivity index (χ0n) is 15.4. The minimum atomic E-state index is -0.331. The van der Waals surface area contributed by atoms with Gasteiger partial charge >= 0.3 is 6.03 Å². The summed E-state index contributed by atoms with van der Waals surface area (Å²) in [7, 11) is 1.76. The van der Waals surface area contributed by atoms with Crippen LogP contribution in [0.1, 0.15) is 49.0 Å². The van der Waals surface area contributed by atoms with Gasteiger partial charge in [0, 0.05) is 31.9 Å². The van der Waals surface area contributed by atoms with E-state index in [2.05, 4.69) is 20.6 Å². The van der Waals surface area contributed by atoms with Gasteiger partial charge in [-0.1, -0.05) is 17.3 Å². The first-order chi connectivity index (χ1) is 13.1. The molecule has 2 amide bonds. The molecule has 0 saturated heterocycles. The van der Waals surface area contributed by atoms with Crippen LogP contribution in [0.5, 0.6) is 0 Å². The van der Waals surface area contributed by atoms with Crippen molar-refractivity contribution in [1.29, 1.82) is 0 Å². The van der Waals surface area contributed by atoms with Crippen LogP contribution in [0, 0.1) is 0 Å². The van der Waals surface area contributed by atoms with Crippen molar-refractivity contribution in [3.8, 4) is 5.69 Å². The van der Waals surface area contributed by atoms with Crippen LogP contribution in [0.4, 0.5) is 4.79 Å². The van der Waals surface area contributed by atoms with Gasteiger partial charge < -0.3 is 14.7 Å². The summed E-state index contributed by atoms with van der Waals surface area (Å²) in [5, 5.41) is 11.1. The lowest BCUT2D eigenvalue weighted by atomic mass is 10.2. The summed E-state index contributed by atoms with van der Waals surface area (Å²) in [4.78, 5) is 18.5. The van der Waals surface area contributed by atoms with Gasteiger partial charge in [-0.05, 0) is 43.5 Å². The highest BCUT2D eigenvalue weighted by atomic mass is 16.5. The highest BCUT2D eigenvalue weighted by Crippen LogP contribution is 2.38. The molecule has 8 nitrogen and oxygen atoms in total. The molecule has 1 N–H and O–H groups in total. The number of urea groups is 1. The Balaban J connectivity index is 1.33. The van der Waals surface area contributed by atoms with E-state index in [0.29, 0.717) is 18.4 Å². The number of amides is 2. The summed E-state index contributed by atoms with van der Waals surface area (Å²) in [5.41, 5.74) is 2.01. The second kappa shape index (κ2) is 7.22. The number of benzene rings is 1. The molecule has 0 bridgehead atoms. The first kappa shape index (κ1) is 17.3. The molecule has 1 saturated carbocycles. The SMILES string of the molecule is C[C@@H](NC(=O)N(C)Cc1ccc(-n2cccn2)cc1)c1nc(C2CC2)no1. The molecule has 1 aliphatic rings. The zero-order chi connectivity index (χ0) is 18.8. The molecule has 140 valence electrons. The van der Waals surface area contributed by atoms with Crippen LogP contribution < -0.4 is 5.32 Å². The summed E-state index contributed by atoms with van der Waals surface area (Å²) in [5.74, 6) is 1.62. The summed E-state index contributed by atoms with van der Waals surface area (Å²) >= 11 is 0. The van der Waals surface area contributed by atoms with Crippen LogP contribution >= 0.6 is 0 Å². The van der Waals surface area contributed by atoms with Gasteiger partial charge in [0.2, 0.25) is 5.89 Å². The number of carbonyl (C=O) groups is 1. The predicted molar refractivity (Wildman–Crippen MR) is 98.3 cm³/mol. The maximum atomic E-state index is 12.4. The van der Waals surface area contributed by atoms with Crippen LogP contribution in [0.2, 0.25) is 0 Å². The van der Waals surface area contributed by atoms with Crippen molar-refractivity contribution in [2.24, 2.45) is 0 Å². The Bertz CT molecular complexity index is 899. The normalized spacial score (nSPS) is 14.7. The van der Waals surface area contributed by atoms with Crippen molar-refractivity contribution in [3.63, 3.8) is 0 Å². The van der Waals surface area contributed by atoms with Gasteiger partial charge in [0.15, 0.2) is 5.82 Å². The minimum absolute atomic E-state index is 0.190. The monoisotopic (exact) mass is 366 g/mol. The van der Waals surface area contributed by atoms with E-state index in [4.69, 9.17) is 4.52 Å². The zero-order valence-corrected chi connectivity index (χ0v) is 15.4. The number of rotatable bonds is 6. The summed E-state index contributed by atoms with van der Waals surface area (Å²) in [6.07, 6.45) is 5.86. The summed E-state index contributed by atoms with van der Waals surface area (Å²) in [6.45, 7) is 2.34. The Morgan fingerprint density at radius 2 is 2.15 bits per heavy atom. The molecule has 2 aromatic heterocycles. The van der Waals surface area contributed by atoms with Crippen molar-refractivity contribution in [1.82, 2.24) is 30.1 Å². The molecule has 2 heterocycles. The maximum absolute atomic E-state index is 12.4. The summed E-state index contributed by atoms with van der Waals surface area (Å²) < 4.78 is 7.07. The average molecular weight is 366 g/mol. The lowest BCUT2D eigenvalue weighted by Gasteiger charge is -2.20. The molecule has 0 spiro atoms. The molecule has 3 aromatic rings. The highest BCUT2D eigenvalue weighted by molar-refractivity contribution is 5.74. The van der Waals surface area contributed by atoms with Crippen LogP contribution in [0.25, 0.3) is 5.69 Å². The topological polar surface area (TPSA) is 89.1 Å². The standard InChI is InChI=1S/C19H22N6O2/c1-13(18-22-17(23-27-18)15-6-7-15)21-19(26)24(2)12-14-4-8-16(9-5-14)25-11-3-10-20-25/h3-5,8-11,13,15H,6-7,12H2,1-2H3,(H,21,26)/t13-/m1/s1. The van der Waals surface area contributed by atoms with Crippen molar-refractivity contribution in [2.45, 2.75) is 38.3 Å². The van der Waals surface area contributed by atoms with Crippen molar-refractivity contribution in [2.75, 3.05) is 7.05 Å². The molecule has 8 heteroatoms. The van der Waals surface area contributed by atoms with Gasteiger partial charge in [0.1, 0.15) is 6.04 Å². The Morgan fingerprint density at radius 1 is 1.37 bits per heavy atom. The second-order valence-electron chi connectivity index (χ2n) is 6.91. The fourth-order valence-electron chi connectivity index (χ4n) is 2.81. The van der Waals surface area contributed by atoms with Crippen molar-refractivity contribution in [3.05, 3.63) is 60.0 Å². The molecule has 0 unspecified atom stereocenters. The number of nitrogens with zero attached hydrogens (tertiary/aromatic N) is 5. The second-order valence-corrected chi connectivity index (χ2v) is 6.91. The van der Waals surface area contributed by atoms with E-state index in [1.807, 2.05) is 43.5 Å². The van der Waals surface area contributed by atoms with E-state index in [1.54, 1.807) is 22.8 Å². The van der Waals surface area contributed by atoms with Gasteiger partial charge in [-0.15, -0.1) is 0 Å². The van der Waals surface area contributed by atoms with Crippen LogP contribution in [0.15, 0.2) is 47.2 Å². The third-order valence-electron chi connectivity index (χ3n) is 4.58. The quantitative estimate of drug-likeness (QED) is 0.724. The third kappa shape index (κ3) is 3.99. The van der Waals surface area contributed by atoms with Gasteiger partial charge in [-0.3, -0.25) is 0 Å². The Kier molecular flexibility index (Phi) is 4.62. The Morgan fingerprint density at radius 3 is 2.81 bits per heavy atom. The van der Waals surface area contributed by atoms with Crippen LogP contribution in [0.3, 0.4) is 0 Å². The van der Waals surface area contributed by atoms with Crippen molar-refractivity contribution >= 4 is 6.03 Å². The van der Waals surface area contributed by atoms with Gasteiger partial charge in [-0.25, -0.2) is 9.48 Å². The molecule has 0 radical (unpaired) electrons. The Hall–Kier alpha value is -3.16. The number of carbonyl (C=O) groups excluding carboxylic acids is 1. The lowest BCUT2D eigenvalue weighted by Crippen LogP contribution is -2.38. The Labute approximate surface area is 157 Å². The molecule has 0 aliphatic heterocycles. The lowest BCUT2D eigenvalue weighted by molar-refractivity contribution is 0.200. The molecule has 1 aromatic carbocycles.